The van der Waals surface area contributed by atoms with Gasteiger partial charge in [0.25, 0.3) is 0 Å². The fourth-order valence-electron chi connectivity index (χ4n) is 2.26. The third-order valence-electron chi connectivity index (χ3n) is 3.30. The molecule has 0 saturated carbocycles. The summed E-state index contributed by atoms with van der Waals surface area (Å²) in [5.74, 6) is 0. The van der Waals surface area contributed by atoms with Crippen molar-refractivity contribution in [2.45, 2.75) is 25.8 Å². The second-order valence-corrected chi connectivity index (χ2v) is 5.95. The number of piperidine rings is 1. The van der Waals surface area contributed by atoms with Crippen LogP contribution < -0.4 is 5.32 Å². The Labute approximate surface area is 118 Å². The lowest BCUT2D eigenvalue weighted by molar-refractivity contribution is 0.229. The number of benzene rings is 1. The maximum absolute atomic E-state index is 3.52. The summed E-state index contributed by atoms with van der Waals surface area (Å²) in [4.78, 5) is 2.57. The summed E-state index contributed by atoms with van der Waals surface area (Å²) in [5, 5.41) is 3.52. The lowest BCUT2D eigenvalue weighted by Crippen LogP contribution is -2.35. The molecule has 0 amide bonds. The highest BCUT2D eigenvalue weighted by Gasteiger charge is 2.08. The SMILES string of the molecule is Ic1ccc(CNCCN2CCCCC2)cc1. The molecule has 2 nitrogen and oxygen atoms in total. The fourth-order valence-corrected chi connectivity index (χ4v) is 2.61. The first-order chi connectivity index (χ1) is 8.34. The third-order valence-corrected chi connectivity index (χ3v) is 4.02. The predicted molar refractivity (Wildman–Crippen MR) is 81.2 cm³/mol. The number of hydrogen-bond acceptors (Lipinski definition) is 2. The molecule has 0 aliphatic carbocycles. The zero-order valence-electron chi connectivity index (χ0n) is 10.3. The van der Waals surface area contributed by atoms with Gasteiger partial charge in [0.15, 0.2) is 0 Å². The molecule has 17 heavy (non-hydrogen) atoms. The van der Waals surface area contributed by atoms with Gasteiger partial charge in [-0.25, -0.2) is 0 Å². The van der Waals surface area contributed by atoms with Gasteiger partial charge in [0.05, 0.1) is 0 Å². The Balaban J connectivity index is 1.60. The van der Waals surface area contributed by atoms with E-state index in [1.165, 1.54) is 48.0 Å². The van der Waals surface area contributed by atoms with E-state index in [9.17, 15) is 0 Å². The van der Waals surface area contributed by atoms with Gasteiger partial charge in [0, 0.05) is 23.2 Å². The highest BCUT2D eigenvalue weighted by Crippen LogP contribution is 2.08. The van der Waals surface area contributed by atoms with E-state index < -0.39 is 0 Å². The summed E-state index contributed by atoms with van der Waals surface area (Å²) in [6.07, 6.45) is 4.20. The quantitative estimate of drug-likeness (QED) is 0.653. The number of nitrogens with one attached hydrogen (secondary N) is 1. The van der Waals surface area contributed by atoms with Crippen LogP contribution in [0.25, 0.3) is 0 Å². The Hall–Kier alpha value is -0.130. The predicted octanol–water partition coefficient (Wildman–Crippen LogP) is 2.87. The van der Waals surface area contributed by atoms with E-state index in [0.29, 0.717) is 0 Å². The molecule has 1 aromatic carbocycles. The second-order valence-electron chi connectivity index (χ2n) is 4.71. The van der Waals surface area contributed by atoms with Crippen molar-refractivity contribution in [2.24, 2.45) is 0 Å². The van der Waals surface area contributed by atoms with Gasteiger partial charge in [-0.05, 0) is 66.2 Å². The highest BCUT2D eigenvalue weighted by atomic mass is 127. The van der Waals surface area contributed by atoms with E-state index >= 15 is 0 Å². The van der Waals surface area contributed by atoms with E-state index in [1.807, 2.05) is 0 Å². The molecule has 0 bridgehead atoms. The smallest absolute Gasteiger partial charge is 0.0206 e. The van der Waals surface area contributed by atoms with Gasteiger partial charge in [-0.1, -0.05) is 18.6 Å². The van der Waals surface area contributed by atoms with Crippen LogP contribution in [0.5, 0.6) is 0 Å². The van der Waals surface area contributed by atoms with Gasteiger partial charge in [-0.15, -0.1) is 0 Å². The number of halogens is 1. The number of nitrogens with zero attached hydrogens (tertiary/aromatic N) is 1. The third kappa shape index (κ3) is 4.94. The standard InChI is InChI=1S/C14H21IN2/c15-14-6-4-13(5-7-14)12-16-8-11-17-9-2-1-3-10-17/h4-7,16H,1-3,8-12H2. The van der Waals surface area contributed by atoms with E-state index in [0.717, 1.165) is 13.1 Å². The minimum atomic E-state index is 0.991. The minimum absolute atomic E-state index is 0.991. The molecular weight excluding hydrogens is 323 g/mol. The van der Waals surface area contributed by atoms with Crippen LogP contribution in [0.4, 0.5) is 0 Å². The van der Waals surface area contributed by atoms with E-state index in [-0.39, 0.29) is 0 Å². The van der Waals surface area contributed by atoms with Gasteiger partial charge in [0.2, 0.25) is 0 Å². The van der Waals surface area contributed by atoms with Crippen molar-refractivity contribution >= 4 is 22.6 Å². The number of hydrogen-bond donors (Lipinski definition) is 1. The van der Waals surface area contributed by atoms with Gasteiger partial charge in [-0.3, -0.25) is 0 Å². The fraction of sp³-hybridized carbons (Fsp3) is 0.571. The molecule has 0 radical (unpaired) electrons. The molecular formula is C14H21IN2. The molecule has 1 heterocycles. The summed E-state index contributed by atoms with van der Waals surface area (Å²) in [5.41, 5.74) is 1.38. The van der Waals surface area contributed by atoms with Crippen molar-refractivity contribution in [3.8, 4) is 0 Å². The first-order valence-corrected chi connectivity index (χ1v) is 7.60. The largest absolute Gasteiger partial charge is 0.311 e. The summed E-state index contributed by atoms with van der Waals surface area (Å²) in [6.45, 7) is 5.89. The molecule has 0 unspecified atom stereocenters. The Bertz CT molecular complexity index is 317. The van der Waals surface area contributed by atoms with Crippen LogP contribution in [0.1, 0.15) is 24.8 Å². The van der Waals surface area contributed by atoms with Crippen molar-refractivity contribution < 1.29 is 0 Å². The molecule has 0 atom stereocenters. The van der Waals surface area contributed by atoms with Crippen LogP contribution in [0.15, 0.2) is 24.3 Å². The lowest BCUT2D eigenvalue weighted by atomic mass is 10.1. The maximum Gasteiger partial charge on any atom is 0.0206 e. The normalized spacial score (nSPS) is 17.2. The molecule has 1 aromatic rings. The molecule has 1 saturated heterocycles. The minimum Gasteiger partial charge on any atom is -0.311 e. The van der Waals surface area contributed by atoms with Crippen LogP contribution in [0, 0.1) is 3.57 Å². The molecule has 1 N–H and O–H groups in total. The molecule has 0 aromatic heterocycles. The van der Waals surface area contributed by atoms with Crippen molar-refractivity contribution in [1.82, 2.24) is 10.2 Å². The summed E-state index contributed by atoms with van der Waals surface area (Å²) in [7, 11) is 0. The van der Waals surface area contributed by atoms with Crippen molar-refractivity contribution in [1.29, 1.82) is 0 Å². The molecule has 2 rings (SSSR count). The second kappa shape index (κ2) is 7.34. The van der Waals surface area contributed by atoms with Gasteiger partial charge >= 0.3 is 0 Å². The van der Waals surface area contributed by atoms with Crippen LogP contribution in [0.2, 0.25) is 0 Å². The summed E-state index contributed by atoms with van der Waals surface area (Å²) < 4.78 is 1.31. The lowest BCUT2D eigenvalue weighted by Gasteiger charge is -2.26. The van der Waals surface area contributed by atoms with E-state index in [2.05, 4.69) is 57.1 Å². The number of rotatable bonds is 5. The van der Waals surface area contributed by atoms with Crippen LogP contribution in [0.3, 0.4) is 0 Å². The van der Waals surface area contributed by atoms with Gasteiger partial charge in [-0.2, -0.15) is 0 Å². The van der Waals surface area contributed by atoms with Crippen LogP contribution in [-0.4, -0.2) is 31.1 Å². The highest BCUT2D eigenvalue weighted by molar-refractivity contribution is 14.1. The summed E-state index contributed by atoms with van der Waals surface area (Å²) in [6, 6.07) is 8.75. The zero-order chi connectivity index (χ0) is 11.9. The van der Waals surface area contributed by atoms with E-state index in [1.54, 1.807) is 0 Å². The van der Waals surface area contributed by atoms with Crippen molar-refractivity contribution in [3.05, 3.63) is 33.4 Å². The maximum atomic E-state index is 3.52. The number of likely N-dealkylation sites (tertiary alicyclic amines) is 1. The molecule has 1 aliphatic heterocycles. The van der Waals surface area contributed by atoms with E-state index in [4.69, 9.17) is 0 Å². The Morgan fingerprint density at radius 2 is 1.76 bits per heavy atom. The van der Waals surface area contributed by atoms with Crippen molar-refractivity contribution in [3.63, 3.8) is 0 Å². The topological polar surface area (TPSA) is 15.3 Å². The Morgan fingerprint density at radius 3 is 2.47 bits per heavy atom. The van der Waals surface area contributed by atoms with Crippen molar-refractivity contribution in [2.75, 3.05) is 26.2 Å². The Kier molecular flexibility index (Phi) is 5.74. The average Bonchev–Trinajstić information content (AvgIpc) is 2.38. The van der Waals surface area contributed by atoms with Gasteiger partial charge < -0.3 is 10.2 Å². The molecule has 1 aliphatic rings. The molecule has 0 spiro atoms. The van der Waals surface area contributed by atoms with Gasteiger partial charge in [0.1, 0.15) is 0 Å². The first-order valence-electron chi connectivity index (χ1n) is 6.52. The van der Waals surface area contributed by atoms with Crippen LogP contribution in [-0.2, 0) is 6.54 Å². The molecule has 1 fully saturated rings. The van der Waals surface area contributed by atoms with Crippen LogP contribution >= 0.6 is 22.6 Å². The average molecular weight is 344 g/mol. The first kappa shape index (κ1) is 13.3. The molecule has 3 heteroatoms. The summed E-state index contributed by atoms with van der Waals surface area (Å²) >= 11 is 2.34. The Morgan fingerprint density at radius 1 is 1.06 bits per heavy atom. The molecule has 94 valence electrons. The zero-order valence-corrected chi connectivity index (χ0v) is 12.4. The monoisotopic (exact) mass is 344 g/mol.